The van der Waals surface area contributed by atoms with E-state index in [1.807, 2.05) is 37.3 Å². The lowest BCUT2D eigenvalue weighted by Crippen LogP contribution is -2.26. The molecule has 0 fully saturated rings. The Morgan fingerprint density at radius 1 is 0.921 bits per heavy atom. The number of thiophene rings is 1. The molecule has 188 valence electrons. The molecule has 1 atom stereocenters. The molecule has 4 nitrogen and oxygen atoms in total. The standard InChI is InChI=1S/C33H29N3OS/c1-22-12-14-25(15-13-22)33-28(17-19-32(37)34-23(2)24-8-4-3-5-9-24)36-21-27(16-18-31(36)35-33)30-20-26-10-6-7-11-29(26)38-30/h3-16,18,20-21,23H,17,19H2,1-2H3,(H,34,37)/t23-/m1/s1. The number of pyridine rings is 1. The molecule has 6 aromatic rings. The summed E-state index contributed by atoms with van der Waals surface area (Å²) in [5.74, 6) is 0.0341. The number of amides is 1. The first-order valence-corrected chi connectivity index (χ1v) is 13.8. The summed E-state index contributed by atoms with van der Waals surface area (Å²) in [7, 11) is 0. The molecule has 0 unspecified atom stereocenters. The van der Waals surface area contributed by atoms with Crippen molar-refractivity contribution >= 4 is 33.0 Å². The summed E-state index contributed by atoms with van der Waals surface area (Å²) in [6.45, 7) is 4.11. The molecule has 5 heteroatoms. The number of rotatable bonds is 7. The number of benzene rings is 3. The van der Waals surface area contributed by atoms with Crippen LogP contribution in [0, 0.1) is 6.92 Å². The zero-order valence-corrected chi connectivity index (χ0v) is 22.3. The van der Waals surface area contributed by atoms with E-state index in [4.69, 9.17) is 4.98 Å². The van der Waals surface area contributed by atoms with Crippen LogP contribution in [0.5, 0.6) is 0 Å². The number of aromatic nitrogens is 2. The minimum atomic E-state index is -0.0398. The molecule has 0 radical (unpaired) electrons. The van der Waals surface area contributed by atoms with E-state index in [9.17, 15) is 4.79 Å². The summed E-state index contributed by atoms with van der Waals surface area (Å²) >= 11 is 1.79. The van der Waals surface area contributed by atoms with Gasteiger partial charge < -0.3 is 9.72 Å². The van der Waals surface area contributed by atoms with Gasteiger partial charge in [0, 0.05) is 33.3 Å². The van der Waals surface area contributed by atoms with Crippen LogP contribution in [-0.2, 0) is 11.2 Å². The number of fused-ring (bicyclic) bond motifs is 2. The summed E-state index contributed by atoms with van der Waals surface area (Å²) in [4.78, 5) is 19.2. The van der Waals surface area contributed by atoms with Crippen LogP contribution in [-0.4, -0.2) is 15.3 Å². The molecule has 0 aliphatic rings. The second-order valence-corrected chi connectivity index (χ2v) is 10.9. The highest BCUT2D eigenvalue weighted by Crippen LogP contribution is 2.35. The van der Waals surface area contributed by atoms with Gasteiger partial charge in [-0.3, -0.25) is 4.79 Å². The number of carbonyl (C=O) groups excluding carboxylic acids is 1. The molecule has 3 heterocycles. The third kappa shape index (κ3) is 4.85. The number of aryl methyl sites for hydroxylation is 2. The van der Waals surface area contributed by atoms with Crippen LogP contribution in [0.2, 0.25) is 0 Å². The molecular weight excluding hydrogens is 486 g/mol. The van der Waals surface area contributed by atoms with Gasteiger partial charge in [0.1, 0.15) is 5.65 Å². The van der Waals surface area contributed by atoms with E-state index in [0.29, 0.717) is 12.8 Å². The Hall–Kier alpha value is -4.22. The van der Waals surface area contributed by atoms with Crippen molar-refractivity contribution in [3.8, 4) is 21.7 Å². The van der Waals surface area contributed by atoms with E-state index in [2.05, 4.69) is 89.6 Å². The van der Waals surface area contributed by atoms with Crippen molar-refractivity contribution in [3.05, 3.63) is 120 Å². The van der Waals surface area contributed by atoms with E-state index in [0.717, 1.165) is 33.7 Å². The summed E-state index contributed by atoms with van der Waals surface area (Å²) in [5, 5.41) is 4.41. The van der Waals surface area contributed by atoms with Crippen LogP contribution >= 0.6 is 11.3 Å². The Bertz CT molecular complexity index is 1700. The van der Waals surface area contributed by atoms with E-state index in [1.54, 1.807) is 11.3 Å². The molecule has 3 aromatic heterocycles. The van der Waals surface area contributed by atoms with Crippen molar-refractivity contribution in [3.63, 3.8) is 0 Å². The molecule has 0 aliphatic carbocycles. The number of imidazole rings is 1. The Balaban J connectivity index is 1.34. The maximum atomic E-state index is 13.0. The molecule has 1 amide bonds. The molecule has 38 heavy (non-hydrogen) atoms. The smallest absolute Gasteiger partial charge is 0.220 e. The van der Waals surface area contributed by atoms with Gasteiger partial charge in [0.05, 0.1) is 17.4 Å². The van der Waals surface area contributed by atoms with Crippen molar-refractivity contribution in [2.45, 2.75) is 32.7 Å². The second kappa shape index (κ2) is 10.3. The summed E-state index contributed by atoms with van der Waals surface area (Å²) in [6, 6.07) is 33.4. The molecule has 1 N–H and O–H groups in total. The third-order valence-corrected chi connectivity index (χ3v) is 8.18. The molecule has 0 saturated heterocycles. The monoisotopic (exact) mass is 515 g/mol. The highest BCUT2D eigenvalue weighted by Gasteiger charge is 2.18. The molecule has 0 saturated carbocycles. The molecule has 0 bridgehead atoms. The highest BCUT2D eigenvalue weighted by atomic mass is 32.1. The van der Waals surface area contributed by atoms with Crippen LogP contribution in [0.15, 0.2) is 103 Å². The predicted octanol–water partition coefficient (Wildman–Crippen LogP) is 8.00. The quantitative estimate of drug-likeness (QED) is 0.234. The average molecular weight is 516 g/mol. The molecule has 6 rings (SSSR count). The molecule has 0 spiro atoms. The van der Waals surface area contributed by atoms with Gasteiger partial charge in [0.2, 0.25) is 5.91 Å². The minimum absolute atomic E-state index is 0.0341. The van der Waals surface area contributed by atoms with Crippen LogP contribution in [0.4, 0.5) is 0 Å². The number of hydrogen-bond donors (Lipinski definition) is 1. The summed E-state index contributed by atoms with van der Waals surface area (Å²) < 4.78 is 3.45. The van der Waals surface area contributed by atoms with Gasteiger partial charge in [0.25, 0.3) is 0 Å². The zero-order chi connectivity index (χ0) is 26.1. The van der Waals surface area contributed by atoms with Gasteiger partial charge in [-0.05, 0) is 55.5 Å². The largest absolute Gasteiger partial charge is 0.350 e. The first-order chi connectivity index (χ1) is 18.5. The Morgan fingerprint density at radius 3 is 2.45 bits per heavy atom. The minimum Gasteiger partial charge on any atom is -0.350 e. The van der Waals surface area contributed by atoms with E-state index >= 15 is 0 Å². The summed E-state index contributed by atoms with van der Waals surface area (Å²) in [5.41, 5.74) is 7.39. The lowest BCUT2D eigenvalue weighted by molar-refractivity contribution is -0.121. The van der Waals surface area contributed by atoms with Crippen molar-refractivity contribution in [2.75, 3.05) is 0 Å². The Labute approximate surface area is 226 Å². The lowest BCUT2D eigenvalue weighted by atomic mass is 10.0. The van der Waals surface area contributed by atoms with Gasteiger partial charge in [-0.1, -0.05) is 78.4 Å². The van der Waals surface area contributed by atoms with Gasteiger partial charge in [-0.2, -0.15) is 0 Å². The average Bonchev–Trinajstić information content (AvgIpc) is 3.54. The highest BCUT2D eigenvalue weighted by molar-refractivity contribution is 7.22. The van der Waals surface area contributed by atoms with Crippen LogP contribution < -0.4 is 5.32 Å². The maximum absolute atomic E-state index is 13.0. The van der Waals surface area contributed by atoms with Crippen molar-refractivity contribution in [2.24, 2.45) is 0 Å². The first kappa shape index (κ1) is 24.1. The second-order valence-electron chi connectivity index (χ2n) is 9.77. The normalized spacial score (nSPS) is 12.2. The fourth-order valence-corrected chi connectivity index (χ4v) is 5.97. The van der Waals surface area contributed by atoms with Crippen molar-refractivity contribution < 1.29 is 4.79 Å². The fourth-order valence-electron chi connectivity index (χ4n) is 4.92. The number of hydrogen-bond acceptors (Lipinski definition) is 3. The van der Waals surface area contributed by atoms with Gasteiger partial charge in [-0.15, -0.1) is 11.3 Å². The number of nitrogens with zero attached hydrogens (tertiary/aromatic N) is 2. The maximum Gasteiger partial charge on any atom is 0.220 e. The molecular formula is C33H29N3OS. The predicted molar refractivity (Wildman–Crippen MR) is 158 cm³/mol. The van der Waals surface area contributed by atoms with E-state index in [1.165, 1.54) is 20.5 Å². The van der Waals surface area contributed by atoms with Crippen LogP contribution in [0.1, 0.15) is 36.2 Å². The fraction of sp³-hybridized carbons (Fsp3) is 0.152. The number of carbonyl (C=O) groups is 1. The van der Waals surface area contributed by atoms with E-state index < -0.39 is 0 Å². The zero-order valence-electron chi connectivity index (χ0n) is 21.5. The SMILES string of the molecule is Cc1ccc(-c2nc3ccc(-c4cc5ccccc5s4)cn3c2CCC(=O)N[C@H](C)c2ccccc2)cc1. The number of nitrogens with one attached hydrogen (secondary N) is 1. The lowest BCUT2D eigenvalue weighted by Gasteiger charge is -2.14. The summed E-state index contributed by atoms with van der Waals surface area (Å²) in [6.07, 6.45) is 3.15. The first-order valence-electron chi connectivity index (χ1n) is 13.0. The van der Waals surface area contributed by atoms with Gasteiger partial charge >= 0.3 is 0 Å². The Kier molecular flexibility index (Phi) is 6.52. The van der Waals surface area contributed by atoms with Gasteiger partial charge in [0.15, 0.2) is 0 Å². The Morgan fingerprint density at radius 2 is 1.66 bits per heavy atom. The van der Waals surface area contributed by atoms with Crippen LogP contribution in [0.25, 0.3) is 37.4 Å². The van der Waals surface area contributed by atoms with E-state index in [-0.39, 0.29) is 11.9 Å². The molecule has 0 aliphatic heterocycles. The van der Waals surface area contributed by atoms with Crippen molar-refractivity contribution in [1.29, 1.82) is 0 Å². The third-order valence-electron chi connectivity index (χ3n) is 7.02. The molecule has 3 aromatic carbocycles. The van der Waals surface area contributed by atoms with Crippen LogP contribution in [0.3, 0.4) is 0 Å². The van der Waals surface area contributed by atoms with Gasteiger partial charge in [-0.25, -0.2) is 4.98 Å². The topological polar surface area (TPSA) is 46.4 Å². The van der Waals surface area contributed by atoms with Crippen molar-refractivity contribution in [1.82, 2.24) is 14.7 Å².